The minimum absolute atomic E-state index is 0.00263. The molecule has 0 unspecified atom stereocenters. The summed E-state index contributed by atoms with van der Waals surface area (Å²) >= 11 is 3.26. The summed E-state index contributed by atoms with van der Waals surface area (Å²) in [5, 5.41) is 11.4. The lowest BCUT2D eigenvalue weighted by molar-refractivity contribution is -0.151. The first-order valence-electron chi connectivity index (χ1n) is 9.55. The normalized spacial score (nSPS) is 22.1. The predicted octanol–water partition coefficient (Wildman–Crippen LogP) is 4.17. The molecule has 2 aliphatic rings. The number of carbonyl (C=O) groups is 1. The number of nitrogens with zero attached hydrogens (tertiary/aromatic N) is 1. The van der Waals surface area contributed by atoms with E-state index in [4.69, 9.17) is 4.74 Å². The molecule has 2 atom stereocenters. The molecule has 5 rings (SSSR count). The first-order chi connectivity index (χ1) is 15.3. The number of hydrogen-bond donors (Lipinski definition) is 1. The number of fused-ring (bicyclic) bond motifs is 1. The lowest BCUT2D eigenvalue weighted by atomic mass is 9.91. The number of aliphatic hydroxyl groups excluding tert-OH is 1. The number of rotatable bonds is 3. The monoisotopic (exact) mass is 515 g/mol. The van der Waals surface area contributed by atoms with Gasteiger partial charge in [0.2, 0.25) is 0 Å². The highest BCUT2D eigenvalue weighted by Crippen LogP contribution is 2.57. The van der Waals surface area contributed by atoms with E-state index in [1.165, 1.54) is 12.1 Å². The minimum atomic E-state index is -4.40. The molecule has 0 aromatic heterocycles. The van der Waals surface area contributed by atoms with Gasteiger partial charge in [0.15, 0.2) is 0 Å². The highest BCUT2D eigenvalue weighted by molar-refractivity contribution is 9.10. The fourth-order valence-corrected chi connectivity index (χ4v) is 6.89. The fraction of sp³-hybridized carbons (Fsp3) is 0.0870. The first kappa shape index (κ1) is 20.9. The van der Waals surface area contributed by atoms with Crippen LogP contribution in [0.1, 0.15) is 17.2 Å². The zero-order valence-corrected chi connectivity index (χ0v) is 18.7. The van der Waals surface area contributed by atoms with Crippen LogP contribution in [0, 0.1) is 5.82 Å². The minimum Gasteiger partial charge on any atom is -0.427 e. The Morgan fingerprint density at radius 3 is 2.44 bits per heavy atom. The van der Waals surface area contributed by atoms with E-state index in [0.29, 0.717) is 5.56 Å². The number of sulfonamides is 1. The van der Waals surface area contributed by atoms with Crippen LogP contribution in [-0.2, 0) is 19.6 Å². The highest BCUT2D eigenvalue weighted by atomic mass is 79.9. The van der Waals surface area contributed by atoms with Crippen LogP contribution >= 0.6 is 15.9 Å². The molecule has 1 N–H and O–H groups in total. The molecule has 32 heavy (non-hydrogen) atoms. The molecule has 0 fully saturated rings. The number of carbonyl (C=O) groups excluding carboxylic acids is 1. The third-order valence-electron chi connectivity index (χ3n) is 5.52. The molecule has 0 saturated carbocycles. The molecule has 0 radical (unpaired) electrons. The van der Waals surface area contributed by atoms with E-state index in [1.54, 1.807) is 48.5 Å². The number of halogens is 2. The van der Waals surface area contributed by atoms with Crippen molar-refractivity contribution in [1.82, 2.24) is 0 Å². The molecular formula is C23H15BrFNO5S. The second-order valence-electron chi connectivity index (χ2n) is 7.35. The third-order valence-corrected chi connectivity index (χ3v) is 8.33. The van der Waals surface area contributed by atoms with Crippen molar-refractivity contribution in [3.8, 4) is 0 Å². The van der Waals surface area contributed by atoms with Gasteiger partial charge in [-0.1, -0.05) is 42.5 Å². The Balaban J connectivity index is 1.83. The maximum Gasteiger partial charge on any atom is 0.333 e. The van der Waals surface area contributed by atoms with Gasteiger partial charge in [0.25, 0.3) is 15.7 Å². The van der Waals surface area contributed by atoms with Crippen molar-refractivity contribution in [3.63, 3.8) is 0 Å². The zero-order valence-electron chi connectivity index (χ0n) is 16.3. The molecule has 3 aromatic rings. The fourth-order valence-electron chi connectivity index (χ4n) is 4.21. The van der Waals surface area contributed by atoms with Crippen molar-refractivity contribution >= 4 is 43.2 Å². The van der Waals surface area contributed by atoms with Gasteiger partial charge in [-0.2, -0.15) is 0 Å². The highest BCUT2D eigenvalue weighted by Gasteiger charge is 2.64. The van der Waals surface area contributed by atoms with Gasteiger partial charge < -0.3 is 9.84 Å². The quantitative estimate of drug-likeness (QED) is 0.529. The van der Waals surface area contributed by atoms with E-state index in [1.807, 2.05) is 0 Å². The summed E-state index contributed by atoms with van der Waals surface area (Å²) in [6, 6.07) is 18.1. The van der Waals surface area contributed by atoms with Crippen LogP contribution in [0.25, 0.3) is 5.57 Å². The Morgan fingerprint density at radius 2 is 1.72 bits per heavy atom. The van der Waals surface area contributed by atoms with Gasteiger partial charge in [-0.05, 0) is 51.8 Å². The molecule has 6 nitrogen and oxygen atoms in total. The summed E-state index contributed by atoms with van der Waals surface area (Å²) in [6.07, 6.45) is -0.507. The number of aliphatic hydroxyl groups is 1. The van der Waals surface area contributed by atoms with Crippen LogP contribution in [0.4, 0.5) is 10.1 Å². The predicted molar refractivity (Wildman–Crippen MR) is 118 cm³/mol. The van der Waals surface area contributed by atoms with Gasteiger partial charge in [-0.15, -0.1) is 0 Å². The molecule has 3 aromatic carbocycles. The van der Waals surface area contributed by atoms with E-state index >= 15 is 0 Å². The van der Waals surface area contributed by atoms with E-state index < -0.39 is 33.6 Å². The van der Waals surface area contributed by atoms with Gasteiger partial charge >= 0.3 is 5.97 Å². The number of anilines is 1. The molecule has 0 aliphatic carbocycles. The standard InChI is InChI=1S/C23H15BrFNO5S/c24-18-8-4-5-9-20(18)32(29,30)26-19-11-10-15(25)12-16(19)22(28)23(26)17(13-21(27)31-23)14-6-2-1-3-7-14/h1-13,22,28H/t22-,23-/m0/s1. The summed E-state index contributed by atoms with van der Waals surface area (Å²) in [4.78, 5) is 12.4. The average molecular weight is 516 g/mol. The second kappa shape index (κ2) is 7.26. The van der Waals surface area contributed by atoms with Crippen LogP contribution in [0.2, 0.25) is 0 Å². The number of esters is 1. The molecule has 0 amide bonds. The van der Waals surface area contributed by atoms with Gasteiger partial charge in [0, 0.05) is 21.7 Å². The van der Waals surface area contributed by atoms with E-state index in [9.17, 15) is 22.7 Å². The van der Waals surface area contributed by atoms with E-state index in [-0.39, 0.29) is 26.2 Å². The SMILES string of the molecule is O=C1C=C(c2ccccc2)[C@]2(O1)[C@@H](O)c1cc(F)ccc1N2S(=O)(=O)c1ccccc1Br. The number of hydrogen-bond acceptors (Lipinski definition) is 5. The molecule has 9 heteroatoms. The van der Waals surface area contributed by atoms with Gasteiger partial charge in [-0.25, -0.2) is 21.9 Å². The van der Waals surface area contributed by atoms with Crippen molar-refractivity contribution in [2.75, 3.05) is 4.31 Å². The Kier molecular flexibility index (Phi) is 4.74. The van der Waals surface area contributed by atoms with Crippen molar-refractivity contribution < 1.29 is 27.4 Å². The molecule has 162 valence electrons. The van der Waals surface area contributed by atoms with Gasteiger partial charge in [-0.3, -0.25) is 0 Å². The lowest BCUT2D eigenvalue weighted by Gasteiger charge is -2.38. The Morgan fingerprint density at radius 1 is 1.03 bits per heavy atom. The largest absolute Gasteiger partial charge is 0.427 e. The van der Waals surface area contributed by atoms with Crippen molar-refractivity contribution in [2.24, 2.45) is 0 Å². The summed E-state index contributed by atoms with van der Waals surface area (Å²) in [5.74, 6) is -1.48. The Bertz CT molecular complexity index is 1390. The molecule has 0 bridgehead atoms. The Hall–Kier alpha value is -3.01. The second-order valence-corrected chi connectivity index (χ2v) is 9.96. The van der Waals surface area contributed by atoms with Crippen LogP contribution in [0.15, 0.2) is 88.2 Å². The summed E-state index contributed by atoms with van der Waals surface area (Å²) < 4.78 is 48.8. The number of benzene rings is 3. The van der Waals surface area contributed by atoms with Crippen LogP contribution in [-0.4, -0.2) is 25.2 Å². The van der Waals surface area contributed by atoms with Crippen molar-refractivity contribution in [3.05, 3.63) is 100 Å². The molecule has 1 spiro atoms. The summed E-state index contributed by atoms with van der Waals surface area (Å²) in [5.41, 5.74) is -1.48. The van der Waals surface area contributed by atoms with Crippen molar-refractivity contribution in [1.29, 1.82) is 0 Å². The van der Waals surface area contributed by atoms with Crippen LogP contribution in [0.3, 0.4) is 0 Å². The van der Waals surface area contributed by atoms with Gasteiger partial charge in [0.1, 0.15) is 16.8 Å². The lowest BCUT2D eigenvalue weighted by Crippen LogP contribution is -2.53. The first-order valence-corrected chi connectivity index (χ1v) is 11.8. The molecular weight excluding hydrogens is 501 g/mol. The Labute approximate surface area is 191 Å². The maximum atomic E-state index is 14.1. The molecule has 2 aliphatic heterocycles. The smallest absolute Gasteiger partial charge is 0.333 e. The van der Waals surface area contributed by atoms with Crippen LogP contribution in [0.5, 0.6) is 0 Å². The van der Waals surface area contributed by atoms with Crippen molar-refractivity contribution in [2.45, 2.75) is 16.7 Å². The third kappa shape index (κ3) is 2.85. The van der Waals surface area contributed by atoms with E-state index in [0.717, 1.165) is 22.5 Å². The topological polar surface area (TPSA) is 83.9 Å². The van der Waals surface area contributed by atoms with Crippen LogP contribution < -0.4 is 4.31 Å². The van der Waals surface area contributed by atoms with Gasteiger partial charge in [0.05, 0.1) is 5.69 Å². The average Bonchev–Trinajstić information content (AvgIpc) is 3.24. The maximum absolute atomic E-state index is 14.1. The molecule has 0 saturated heterocycles. The summed E-state index contributed by atoms with van der Waals surface area (Å²) in [6.45, 7) is 0. The zero-order chi connectivity index (χ0) is 22.7. The summed E-state index contributed by atoms with van der Waals surface area (Å²) in [7, 11) is -4.40. The molecule has 2 heterocycles. The number of ether oxygens (including phenoxy) is 1. The van der Waals surface area contributed by atoms with E-state index in [2.05, 4.69) is 15.9 Å².